The largest absolute Gasteiger partial charge is 0.465 e. The monoisotopic (exact) mass is 225 g/mol. The topological polar surface area (TPSA) is 68.5 Å². The van der Waals surface area contributed by atoms with Gasteiger partial charge in [-0.1, -0.05) is 5.16 Å². The molecular formula is C10H15N3O3. The molecule has 0 amide bonds. The number of ether oxygens (including phenoxy) is 1. The zero-order valence-electron chi connectivity index (χ0n) is 9.26. The molecule has 1 aliphatic rings. The number of rotatable bonds is 4. The van der Waals surface area contributed by atoms with Crippen molar-refractivity contribution in [2.75, 3.05) is 13.2 Å². The molecule has 1 aromatic heterocycles. The molecule has 0 aromatic carbocycles. The van der Waals surface area contributed by atoms with Gasteiger partial charge in [0.1, 0.15) is 6.04 Å². The van der Waals surface area contributed by atoms with Crippen LogP contribution in [0.2, 0.25) is 0 Å². The molecule has 6 heteroatoms. The fourth-order valence-corrected chi connectivity index (χ4v) is 1.96. The Hall–Kier alpha value is -1.43. The zero-order valence-corrected chi connectivity index (χ0v) is 9.26. The van der Waals surface area contributed by atoms with Crippen LogP contribution in [0.3, 0.4) is 0 Å². The molecule has 1 fully saturated rings. The third kappa shape index (κ3) is 2.38. The van der Waals surface area contributed by atoms with Crippen LogP contribution < -0.4 is 0 Å². The highest BCUT2D eigenvalue weighted by molar-refractivity contribution is 5.76. The highest BCUT2D eigenvalue weighted by Gasteiger charge is 2.32. The van der Waals surface area contributed by atoms with Gasteiger partial charge in [0.2, 0.25) is 5.89 Å². The molecule has 1 aliphatic heterocycles. The summed E-state index contributed by atoms with van der Waals surface area (Å²) < 4.78 is 9.96. The van der Waals surface area contributed by atoms with Gasteiger partial charge in [0.05, 0.1) is 13.2 Å². The van der Waals surface area contributed by atoms with E-state index >= 15 is 0 Å². The maximum Gasteiger partial charge on any atom is 0.323 e. The third-order valence-electron chi connectivity index (χ3n) is 2.67. The van der Waals surface area contributed by atoms with E-state index in [1.54, 1.807) is 0 Å². The lowest BCUT2D eigenvalue weighted by Gasteiger charge is -2.20. The summed E-state index contributed by atoms with van der Waals surface area (Å²) in [5.74, 6) is 0.385. The van der Waals surface area contributed by atoms with Crippen molar-refractivity contribution in [1.82, 2.24) is 15.0 Å². The Kier molecular flexibility index (Phi) is 3.51. The average Bonchev–Trinajstić information content (AvgIpc) is 2.90. The predicted molar refractivity (Wildman–Crippen MR) is 54.4 cm³/mol. The number of carbonyl (C=O) groups excluding carboxylic acids is 1. The van der Waals surface area contributed by atoms with E-state index in [9.17, 15) is 4.79 Å². The fraction of sp³-hybridized carbons (Fsp3) is 0.700. The van der Waals surface area contributed by atoms with Crippen molar-refractivity contribution in [3.8, 4) is 0 Å². The molecule has 1 saturated heterocycles. The molecule has 0 aliphatic carbocycles. The van der Waals surface area contributed by atoms with Crippen LogP contribution in [-0.4, -0.2) is 40.2 Å². The van der Waals surface area contributed by atoms with Crippen molar-refractivity contribution in [2.24, 2.45) is 0 Å². The maximum atomic E-state index is 11.7. The zero-order chi connectivity index (χ0) is 11.4. The quantitative estimate of drug-likeness (QED) is 0.699. The van der Waals surface area contributed by atoms with Gasteiger partial charge in [-0.05, 0) is 26.3 Å². The number of nitrogens with zero attached hydrogens (tertiary/aromatic N) is 3. The molecule has 0 N–H and O–H groups in total. The summed E-state index contributed by atoms with van der Waals surface area (Å²) in [5, 5.41) is 3.54. The van der Waals surface area contributed by atoms with Gasteiger partial charge in [0.15, 0.2) is 6.33 Å². The summed E-state index contributed by atoms with van der Waals surface area (Å²) in [6.07, 6.45) is 3.20. The molecule has 2 heterocycles. The maximum absolute atomic E-state index is 11.7. The van der Waals surface area contributed by atoms with Crippen LogP contribution >= 0.6 is 0 Å². The van der Waals surface area contributed by atoms with Gasteiger partial charge in [-0.2, -0.15) is 4.98 Å². The van der Waals surface area contributed by atoms with E-state index in [1.165, 1.54) is 6.33 Å². The molecule has 1 atom stereocenters. The Morgan fingerprint density at radius 2 is 2.62 bits per heavy atom. The third-order valence-corrected chi connectivity index (χ3v) is 2.67. The number of aromatic nitrogens is 2. The van der Waals surface area contributed by atoms with Gasteiger partial charge in [-0.25, -0.2) is 0 Å². The number of esters is 1. The molecule has 0 bridgehead atoms. The lowest BCUT2D eigenvalue weighted by molar-refractivity contribution is -0.148. The van der Waals surface area contributed by atoms with Gasteiger partial charge in [-0.15, -0.1) is 0 Å². The Balaban J connectivity index is 1.95. The van der Waals surface area contributed by atoms with Crippen LogP contribution in [0.25, 0.3) is 0 Å². The molecule has 2 rings (SSSR count). The predicted octanol–water partition coefficient (Wildman–Crippen LogP) is 0.597. The molecule has 0 spiro atoms. The lowest BCUT2D eigenvalue weighted by atomic mass is 10.2. The van der Waals surface area contributed by atoms with E-state index in [1.807, 2.05) is 11.8 Å². The first-order valence-corrected chi connectivity index (χ1v) is 5.47. The Labute approximate surface area is 93.6 Å². The first kappa shape index (κ1) is 11.1. The molecule has 6 nitrogen and oxygen atoms in total. The van der Waals surface area contributed by atoms with Crippen LogP contribution in [-0.2, 0) is 16.1 Å². The van der Waals surface area contributed by atoms with Crippen LogP contribution in [0.4, 0.5) is 0 Å². The minimum absolute atomic E-state index is 0.153. The average molecular weight is 225 g/mol. The van der Waals surface area contributed by atoms with Crippen LogP contribution in [0, 0.1) is 0 Å². The number of likely N-dealkylation sites (tertiary alicyclic amines) is 1. The fourth-order valence-electron chi connectivity index (χ4n) is 1.96. The summed E-state index contributed by atoms with van der Waals surface area (Å²) >= 11 is 0. The van der Waals surface area contributed by atoms with Crippen LogP contribution in [0.1, 0.15) is 25.7 Å². The summed E-state index contributed by atoms with van der Waals surface area (Å²) in [6.45, 7) is 3.62. The minimum atomic E-state index is -0.160. The molecule has 0 radical (unpaired) electrons. The molecular weight excluding hydrogens is 210 g/mol. The standard InChI is InChI=1S/C10H15N3O3/c1-2-15-10(14)8-4-3-5-13(8)6-9-11-7-12-16-9/h7-8H,2-6H2,1H3. The van der Waals surface area contributed by atoms with Crippen molar-refractivity contribution >= 4 is 5.97 Å². The summed E-state index contributed by atoms with van der Waals surface area (Å²) in [4.78, 5) is 17.6. The van der Waals surface area contributed by atoms with E-state index in [2.05, 4.69) is 10.1 Å². The summed E-state index contributed by atoms with van der Waals surface area (Å²) in [6, 6.07) is -0.160. The molecule has 0 saturated carbocycles. The second-order valence-electron chi connectivity index (χ2n) is 3.72. The van der Waals surface area contributed by atoms with Gasteiger partial charge >= 0.3 is 5.97 Å². The summed E-state index contributed by atoms with van der Waals surface area (Å²) in [5.41, 5.74) is 0. The summed E-state index contributed by atoms with van der Waals surface area (Å²) in [7, 11) is 0. The second-order valence-corrected chi connectivity index (χ2v) is 3.72. The minimum Gasteiger partial charge on any atom is -0.465 e. The highest BCUT2D eigenvalue weighted by atomic mass is 16.5. The van der Waals surface area contributed by atoms with Crippen molar-refractivity contribution in [3.63, 3.8) is 0 Å². The Morgan fingerprint density at radius 3 is 3.31 bits per heavy atom. The van der Waals surface area contributed by atoms with E-state index < -0.39 is 0 Å². The van der Waals surface area contributed by atoms with Crippen LogP contribution in [0.5, 0.6) is 0 Å². The molecule has 88 valence electrons. The second kappa shape index (κ2) is 5.07. The van der Waals surface area contributed by atoms with Gasteiger partial charge < -0.3 is 9.26 Å². The first-order valence-electron chi connectivity index (χ1n) is 5.47. The van der Waals surface area contributed by atoms with E-state index in [0.29, 0.717) is 19.0 Å². The molecule has 16 heavy (non-hydrogen) atoms. The number of carbonyl (C=O) groups is 1. The van der Waals surface area contributed by atoms with Crippen LogP contribution in [0.15, 0.2) is 10.9 Å². The van der Waals surface area contributed by atoms with Gasteiger partial charge in [0.25, 0.3) is 0 Å². The smallest absolute Gasteiger partial charge is 0.323 e. The van der Waals surface area contributed by atoms with E-state index in [0.717, 1.165) is 19.4 Å². The van der Waals surface area contributed by atoms with Crippen molar-refractivity contribution in [3.05, 3.63) is 12.2 Å². The van der Waals surface area contributed by atoms with Gasteiger partial charge in [0, 0.05) is 0 Å². The van der Waals surface area contributed by atoms with E-state index in [-0.39, 0.29) is 12.0 Å². The lowest BCUT2D eigenvalue weighted by Crippen LogP contribution is -2.36. The van der Waals surface area contributed by atoms with Crippen molar-refractivity contribution in [2.45, 2.75) is 32.4 Å². The number of hydrogen-bond acceptors (Lipinski definition) is 6. The molecule has 1 unspecified atom stereocenters. The highest BCUT2D eigenvalue weighted by Crippen LogP contribution is 2.20. The van der Waals surface area contributed by atoms with E-state index in [4.69, 9.17) is 9.26 Å². The first-order chi connectivity index (χ1) is 7.81. The van der Waals surface area contributed by atoms with Crippen molar-refractivity contribution in [1.29, 1.82) is 0 Å². The van der Waals surface area contributed by atoms with Gasteiger partial charge in [-0.3, -0.25) is 9.69 Å². The Morgan fingerprint density at radius 1 is 1.75 bits per heavy atom. The van der Waals surface area contributed by atoms with Crippen molar-refractivity contribution < 1.29 is 14.1 Å². The SMILES string of the molecule is CCOC(=O)C1CCCN1Cc1ncno1. The number of hydrogen-bond donors (Lipinski definition) is 0. The Bertz CT molecular complexity index is 339. The normalized spacial score (nSPS) is 21.2. The molecule has 1 aromatic rings.